The maximum atomic E-state index is 13.0. The summed E-state index contributed by atoms with van der Waals surface area (Å²) in [5.74, 6) is -1.55. The predicted octanol–water partition coefficient (Wildman–Crippen LogP) is 2.24. The number of rotatable bonds is 7. The quantitative estimate of drug-likeness (QED) is 0.780. The second-order valence-corrected chi connectivity index (χ2v) is 5.04. The van der Waals surface area contributed by atoms with Gasteiger partial charge < -0.3 is 10.6 Å². The van der Waals surface area contributed by atoms with Crippen LogP contribution in [-0.2, 0) is 6.42 Å². The summed E-state index contributed by atoms with van der Waals surface area (Å²) in [5, 5.41) is 6.82. The van der Waals surface area contributed by atoms with Gasteiger partial charge in [-0.25, -0.2) is 8.78 Å². The smallest absolute Gasteiger partial charge is 0.159 e. The Morgan fingerprint density at radius 2 is 2.06 bits per heavy atom. The zero-order valence-electron chi connectivity index (χ0n) is 10.7. The van der Waals surface area contributed by atoms with Gasteiger partial charge in [0, 0.05) is 18.6 Å². The third-order valence-electron chi connectivity index (χ3n) is 3.18. The molecule has 2 N–H and O–H groups in total. The van der Waals surface area contributed by atoms with Gasteiger partial charge in [-0.2, -0.15) is 0 Å². The summed E-state index contributed by atoms with van der Waals surface area (Å²) in [7, 11) is 0. The van der Waals surface area contributed by atoms with Gasteiger partial charge in [-0.05, 0) is 50.4 Å². The highest BCUT2D eigenvalue weighted by molar-refractivity contribution is 5.18. The molecule has 1 aliphatic rings. The number of benzene rings is 1. The van der Waals surface area contributed by atoms with Crippen molar-refractivity contribution in [2.75, 3.05) is 13.1 Å². The zero-order valence-corrected chi connectivity index (χ0v) is 10.7. The Morgan fingerprint density at radius 1 is 1.28 bits per heavy atom. The van der Waals surface area contributed by atoms with Crippen LogP contribution in [0.4, 0.5) is 8.78 Å². The van der Waals surface area contributed by atoms with Crippen LogP contribution in [0.2, 0.25) is 0 Å². The van der Waals surface area contributed by atoms with Crippen LogP contribution in [0.1, 0.15) is 25.3 Å². The largest absolute Gasteiger partial charge is 0.313 e. The van der Waals surface area contributed by atoms with Crippen molar-refractivity contribution in [3.63, 3.8) is 0 Å². The zero-order chi connectivity index (χ0) is 13.0. The van der Waals surface area contributed by atoms with Crippen molar-refractivity contribution in [2.24, 2.45) is 0 Å². The molecular formula is C14H20F2N2. The van der Waals surface area contributed by atoms with Crippen LogP contribution >= 0.6 is 0 Å². The lowest BCUT2D eigenvalue weighted by molar-refractivity contribution is 0.497. The van der Waals surface area contributed by atoms with Gasteiger partial charge in [0.1, 0.15) is 0 Å². The van der Waals surface area contributed by atoms with E-state index in [-0.39, 0.29) is 0 Å². The van der Waals surface area contributed by atoms with Crippen molar-refractivity contribution < 1.29 is 8.78 Å². The highest BCUT2D eigenvalue weighted by Crippen LogP contribution is 2.18. The molecule has 1 saturated carbocycles. The summed E-state index contributed by atoms with van der Waals surface area (Å²) in [5.41, 5.74) is 0.823. The van der Waals surface area contributed by atoms with Gasteiger partial charge in [-0.1, -0.05) is 6.07 Å². The van der Waals surface area contributed by atoms with Gasteiger partial charge in [0.25, 0.3) is 0 Å². The summed E-state index contributed by atoms with van der Waals surface area (Å²) in [6.07, 6.45) is 3.30. The second kappa shape index (κ2) is 6.25. The molecule has 0 amide bonds. The Bertz CT molecular complexity index is 391. The second-order valence-electron chi connectivity index (χ2n) is 5.04. The van der Waals surface area contributed by atoms with E-state index in [4.69, 9.17) is 0 Å². The maximum absolute atomic E-state index is 13.0. The summed E-state index contributed by atoms with van der Waals surface area (Å²) < 4.78 is 25.7. The van der Waals surface area contributed by atoms with E-state index in [1.807, 2.05) is 0 Å². The minimum Gasteiger partial charge on any atom is -0.313 e. The normalized spacial score (nSPS) is 16.8. The third kappa shape index (κ3) is 4.35. The minimum absolute atomic E-state index is 0.399. The first-order valence-electron chi connectivity index (χ1n) is 6.56. The summed E-state index contributed by atoms with van der Waals surface area (Å²) in [6.45, 7) is 3.86. The van der Waals surface area contributed by atoms with Crippen molar-refractivity contribution in [1.82, 2.24) is 10.6 Å². The highest BCUT2D eigenvalue weighted by atomic mass is 19.2. The fourth-order valence-electron chi connectivity index (χ4n) is 1.86. The van der Waals surface area contributed by atoms with Gasteiger partial charge in [0.05, 0.1) is 0 Å². The van der Waals surface area contributed by atoms with Crippen LogP contribution in [0.3, 0.4) is 0 Å². The van der Waals surface area contributed by atoms with Gasteiger partial charge in [-0.15, -0.1) is 0 Å². The Labute approximate surface area is 107 Å². The Balaban J connectivity index is 1.65. The van der Waals surface area contributed by atoms with Gasteiger partial charge in [0.15, 0.2) is 11.6 Å². The van der Waals surface area contributed by atoms with E-state index in [0.717, 1.165) is 24.7 Å². The molecule has 1 aromatic carbocycles. The van der Waals surface area contributed by atoms with Crippen molar-refractivity contribution >= 4 is 0 Å². The molecule has 0 aliphatic heterocycles. The molecule has 1 atom stereocenters. The summed E-state index contributed by atoms with van der Waals surface area (Å²) in [4.78, 5) is 0. The monoisotopic (exact) mass is 254 g/mol. The molecule has 0 heterocycles. The van der Waals surface area contributed by atoms with Crippen molar-refractivity contribution in [1.29, 1.82) is 0 Å². The number of hydrogen-bond acceptors (Lipinski definition) is 2. The van der Waals surface area contributed by atoms with E-state index in [1.165, 1.54) is 25.0 Å². The standard InChI is InChI=1S/C14H20F2N2/c1-10(9-18-12-3-4-12)17-7-6-11-2-5-13(15)14(16)8-11/h2,5,8,10,12,17-18H,3-4,6-7,9H2,1H3. The Hall–Kier alpha value is -1.00. The van der Waals surface area contributed by atoms with Crippen LogP contribution in [0.15, 0.2) is 18.2 Å². The topological polar surface area (TPSA) is 24.1 Å². The molecule has 1 aromatic rings. The molecule has 100 valence electrons. The molecule has 18 heavy (non-hydrogen) atoms. The first kappa shape index (κ1) is 13.4. The predicted molar refractivity (Wildman–Crippen MR) is 68.6 cm³/mol. The van der Waals surface area contributed by atoms with Gasteiger partial charge >= 0.3 is 0 Å². The average molecular weight is 254 g/mol. The Kier molecular flexibility index (Phi) is 4.66. The molecule has 2 rings (SSSR count). The molecule has 1 unspecified atom stereocenters. The van der Waals surface area contributed by atoms with Crippen molar-refractivity contribution in [2.45, 2.75) is 38.3 Å². The molecule has 0 radical (unpaired) electrons. The fraction of sp³-hybridized carbons (Fsp3) is 0.571. The first-order chi connectivity index (χ1) is 8.65. The van der Waals surface area contributed by atoms with Crippen LogP contribution < -0.4 is 10.6 Å². The fourth-order valence-corrected chi connectivity index (χ4v) is 1.86. The summed E-state index contributed by atoms with van der Waals surface area (Å²) in [6, 6.07) is 5.21. The van der Waals surface area contributed by atoms with Crippen LogP contribution in [0.25, 0.3) is 0 Å². The SMILES string of the molecule is CC(CNC1CC1)NCCc1ccc(F)c(F)c1. The molecule has 0 spiro atoms. The van der Waals surface area contributed by atoms with E-state index < -0.39 is 11.6 Å². The molecular weight excluding hydrogens is 234 g/mol. The Morgan fingerprint density at radius 3 is 2.72 bits per heavy atom. The van der Waals surface area contributed by atoms with Gasteiger partial charge in [0.2, 0.25) is 0 Å². The first-order valence-corrected chi connectivity index (χ1v) is 6.56. The third-order valence-corrected chi connectivity index (χ3v) is 3.18. The molecule has 0 aromatic heterocycles. The maximum Gasteiger partial charge on any atom is 0.159 e. The molecule has 4 heteroatoms. The lowest BCUT2D eigenvalue weighted by Crippen LogP contribution is -2.38. The molecule has 1 fully saturated rings. The molecule has 1 aliphatic carbocycles. The molecule has 0 bridgehead atoms. The molecule has 2 nitrogen and oxygen atoms in total. The number of halogens is 2. The minimum atomic E-state index is -0.784. The van der Waals surface area contributed by atoms with E-state index in [2.05, 4.69) is 17.6 Å². The number of hydrogen-bond donors (Lipinski definition) is 2. The summed E-state index contributed by atoms with van der Waals surface area (Å²) >= 11 is 0. The van der Waals surface area contributed by atoms with Gasteiger partial charge in [-0.3, -0.25) is 0 Å². The van der Waals surface area contributed by atoms with Crippen LogP contribution in [0, 0.1) is 11.6 Å². The van der Waals surface area contributed by atoms with Crippen LogP contribution in [0.5, 0.6) is 0 Å². The van der Waals surface area contributed by atoms with E-state index in [1.54, 1.807) is 6.07 Å². The van der Waals surface area contributed by atoms with E-state index in [0.29, 0.717) is 12.5 Å². The van der Waals surface area contributed by atoms with Crippen molar-refractivity contribution in [3.05, 3.63) is 35.4 Å². The van der Waals surface area contributed by atoms with Crippen LogP contribution in [-0.4, -0.2) is 25.2 Å². The lowest BCUT2D eigenvalue weighted by atomic mass is 10.1. The average Bonchev–Trinajstić information content (AvgIpc) is 3.15. The van der Waals surface area contributed by atoms with Crippen molar-refractivity contribution in [3.8, 4) is 0 Å². The molecule has 0 saturated heterocycles. The lowest BCUT2D eigenvalue weighted by Gasteiger charge is -2.14. The highest BCUT2D eigenvalue weighted by Gasteiger charge is 2.20. The number of nitrogens with one attached hydrogen (secondary N) is 2. The van der Waals surface area contributed by atoms with E-state index >= 15 is 0 Å². The van der Waals surface area contributed by atoms with E-state index in [9.17, 15) is 8.78 Å².